The van der Waals surface area contributed by atoms with Crippen molar-refractivity contribution in [1.29, 1.82) is 0 Å². The molecule has 0 heterocycles. The average molecular weight is 501 g/mol. The van der Waals surface area contributed by atoms with Crippen molar-refractivity contribution >= 4 is 34.6 Å². The van der Waals surface area contributed by atoms with Crippen LogP contribution >= 0.6 is 0 Å². The summed E-state index contributed by atoms with van der Waals surface area (Å²) < 4.78 is 22.5. The molecule has 2 rings (SSSR count). The molecule has 196 valence electrons. The van der Waals surface area contributed by atoms with E-state index in [0.29, 0.717) is 29.2 Å². The SMILES string of the molecule is CC(=O)Oc1c(C(C)C)c(OC(C)=O)c2ccc(C)c(CCC(OC(C)=O)C(C)C)c2c1OC(C)=O. The molecule has 36 heavy (non-hydrogen) atoms. The second kappa shape index (κ2) is 12.0. The van der Waals surface area contributed by atoms with Gasteiger partial charge in [-0.3, -0.25) is 19.2 Å². The molecule has 8 heteroatoms. The summed E-state index contributed by atoms with van der Waals surface area (Å²) in [4.78, 5) is 48.1. The standard InChI is InChI=1S/C28H36O8/c1-14(2)23(33-17(6)29)13-12-21-16(5)10-11-22-25(21)28(36-20(9)32)27(35-19(8)31)24(15(3)4)26(22)34-18(7)30/h10-11,14-15,23H,12-13H2,1-9H3. The van der Waals surface area contributed by atoms with Crippen LogP contribution < -0.4 is 14.2 Å². The fourth-order valence-electron chi connectivity index (χ4n) is 4.30. The minimum atomic E-state index is -0.609. The molecule has 0 aliphatic carbocycles. The summed E-state index contributed by atoms with van der Waals surface area (Å²) in [6.07, 6.45) is 0.646. The fourth-order valence-corrected chi connectivity index (χ4v) is 4.30. The highest BCUT2D eigenvalue weighted by molar-refractivity contribution is 6.03. The van der Waals surface area contributed by atoms with Gasteiger partial charge in [-0.25, -0.2) is 0 Å². The smallest absolute Gasteiger partial charge is 0.308 e. The highest BCUT2D eigenvalue weighted by Gasteiger charge is 2.30. The van der Waals surface area contributed by atoms with Crippen LogP contribution in [0.1, 0.15) is 84.4 Å². The summed E-state index contributed by atoms with van der Waals surface area (Å²) in [7, 11) is 0. The zero-order valence-corrected chi connectivity index (χ0v) is 22.6. The Morgan fingerprint density at radius 3 is 1.75 bits per heavy atom. The van der Waals surface area contributed by atoms with Crippen LogP contribution in [0.3, 0.4) is 0 Å². The van der Waals surface area contributed by atoms with Gasteiger partial charge in [0, 0.05) is 44.0 Å². The van der Waals surface area contributed by atoms with Crippen molar-refractivity contribution < 1.29 is 38.1 Å². The monoisotopic (exact) mass is 500 g/mol. The van der Waals surface area contributed by atoms with Crippen LogP contribution in [0, 0.1) is 12.8 Å². The Balaban J connectivity index is 2.97. The van der Waals surface area contributed by atoms with E-state index in [9.17, 15) is 19.2 Å². The van der Waals surface area contributed by atoms with Gasteiger partial charge in [-0.05, 0) is 42.7 Å². The first kappa shape index (κ1) is 28.8. The van der Waals surface area contributed by atoms with E-state index < -0.39 is 17.9 Å². The van der Waals surface area contributed by atoms with Gasteiger partial charge in [0.25, 0.3) is 0 Å². The molecule has 0 aliphatic heterocycles. The Hall–Kier alpha value is -3.42. The number of ether oxygens (including phenoxy) is 4. The normalized spacial score (nSPS) is 12.0. The Labute approximate surface area is 212 Å². The van der Waals surface area contributed by atoms with Crippen LogP contribution in [0.2, 0.25) is 0 Å². The van der Waals surface area contributed by atoms with Crippen molar-refractivity contribution in [3.05, 3.63) is 28.8 Å². The number of hydrogen-bond acceptors (Lipinski definition) is 8. The zero-order chi connectivity index (χ0) is 27.3. The topological polar surface area (TPSA) is 105 Å². The molecule has 0 bridgehead atoms. The van der Waals surface area contributed by atoms with E-state index in [1.54, 1.807) is 6.07 Å². The lowest BCUT2D eigenvalue weighted by Crippen LogP contribution is -2.23. The molecule has 0 N–H and O–H groups in total. The molecule has 0 amide bonds. The molecule has 2 aromatic carbocycles. The summed E-state index contributed by atoms with van der Waals surface area (Å²) in [6.45, 7) is 14.8. The minimum Gasteiger partial charge on any atom is -0.462 e. The molecule has 0 aromatic heterocycles. The molecule has 0 spiro atoms. The van der Waals surface area contributed by atoms with Gasteiger partial charge in [-0.1, -0.05) is 39.8 Å². The van der Waals surface area contributed by atoms with E-state index in [2.05, 4.69) is 0 Å². The Bertz CT molecular complexity index is 1180. The lowest BCUT2D eigenvalue weighted by molar-refractivity contribution is -0.149. The molecule has 0 aliphatic rings. The van der Waals surface area contributed by atoms with Crippen LogP contribution in [0.25, 0.3) is 10.8 Å². The predicted molar refractivity (Wildman–Crippen MR) is 135 cm³/mol. The van der Waals surface area contributed by atoms with E-state index >= 15 is 0 Å². The van der Waals surface area contributed by atoms with Crippen LogP contribution in [0.15, 0.2) is 12.1 Å². The van der Waals surface area contributed by atoms with Crippen molar-refractivity contribution in [3.63, 3.8) is 0 Å². The molecule has 0 radical (unpaired) electrons. The van der Waals surface area contributed by atoms with Gasteiger partial charge >= 0.3 is 23.9 Å². The van der Waals surface area contributed by atoms with Gasteiger partial charge in [0.15, 0.2) is 11.5 Å². The lowest BCUT2D eigenvalue weighted by Gasteiger charge is -2.25. The fraction of sp³-hybridized carbons (Fsp3) is 0.500. The van der Waals surface area contributed by atoms with Gasteiger partial charge in [-0.2, -0.15) is 0 Å². The molecule has 8 nitrogen and oxygen atoms in total. The van der Waals surface area contributed by atoms with E-state index in [0.717, 1.165) is 11.1 Å². The van der Waals surface area contributed by atoms with Gasteiger partial charge in [0.2, 0.25) is 0 Å². The van der Waals surface area contributed by atoms with Gasteiger partial charge in [0.05, 0.1) is 0 Å². The second-order valence-corrected chi connectivity index (χ2v) is 9.55. The molecule has 2 aromatic rings. The van der Waals surface area contributed by atoms with Crippen molar-refractivity contribution in [1.82, 2.24) is 0 Å². The quantitative estimate of drug-likeness (QED) is 0.325. The Morgan fingerprint density at radius 1 is 0.750 bits per heavy atom. The highest BCUT2D eigenvalue weighted by atomic mass is 16.6. The first-order chi connectivity index (χ1) is 16.7. The van der Waals surface area contributed by atoms with Crippen molar-refractivity contribution in [3.8, 4) is 17.2 Å². The average Bonchev–Trinajstić information content (AvgIpc) is 2.72. The lowest BCUT2D eigenvalue weighted by atomic mass is 9.88. The summed E-state index contributed by atoms with van der Waals surface area (Å²) >= 11 is 0. The number of esters is 4. The number of carbonyl (C=O) groups is 4. The summed E-state index contributed by atoms with van der Waals surface area (Å²) in [6, 6.07) is 3.70. The van der Waals surface area contributed by atoms with E-state index in [1.165, 1.54) is 27.7 Å². The van der Waals surface area contributed by atoms with E-state index in [4.69, 9.17) is 18.9 Å². The highest BCUT2D eigenvalue weighted by Crippen LogP contribution is 2.51. The molecule has 0 saturated heterocycles. The number of benzene rings is 2. The van der Waals surface area contributed by atoms with Crippen LogP contribution in [-0.4, -0.2) is 30.0 Å². The molecule has 1 unspecified atom stereocenters. The minimum absolute atomic E-state index is 0.0451. The number of fused-ring (bicyclic) bond motifs is 1. The second-order valence-electron chi connectivity index (χ2n) is 9.55. The van der Waals surface area contributed by atoms with Crippen LogP contribution in [0.5, 0.6) is 17.2 Å². The number of aryl methyl sites for hydroxylation is 2. The first-order valence-corrected chi connectivity index (χ1v) is 12.1. The number of carbonyl (C=O) groups excluding carboxylic acids is 4. The molecular weight excluding hydrogens is 464 g/mol. The van der Waals surface area contributed by atoms with Gasteiger partial charge in [-0.15, -0.1) is 0 Å². The van der Waals surface area contributed by atoms with Gasteiger partial charge < -0.3 is 18.9 Å². The summed E-state index contributed by atoms with van der Waals surface area (Å²) in [5, 5.41) is 1.06. The maximum absolute atomic E-state index is 12.2. The first-order valence-electron chi connectivity index (χ1n) is 12.1. The maximum atomic E-state index is 12.2. The van der Waals surface area contributed by atoms with E-state index in [1.807, 2.05) is 40.7 Å². The molecular formula is C28H36O8. The Kier molecular flexibility index (Phi) is 9.62. The third kappa shape index (κ3) is 6.83. The largest absolute Gasteiger partial charge is 0.462 e. The van der Waals surface area contributed by atoms with Crippen molar-refractivity contribution in [2.45, 2.75) is 87.2 Å². The molecule has 0 saturated carbocycles. The van der Waals surface area contributed by atoms with Crippen LogP contribution in [-0.2, 0) is 30.3 Å². The molecule has 1 atom stereocenters. The Morgan fingerprint density at radius 2 is 1.28 bits per heavy atom. The van der Waals surface area contributed by atoms with Gasteiger partial charge in [0.1, 0.15) is 11.9 Å². The third-order valence-corrected chi connectivity index (χ3v) is 5.77. The van der Waals surface area contributed by atoms with E-state index in [-0.39, 0.29) is 41.2 Å². The van der Waals surface area contributed by atoms with Crippen LogP contribution in [0.4, 0.5) is 0 Å². The molecule has 0 fully saturated rings. The summed E-state index contributed by atoms with van der Waals surface area (Å²) in [5.74, 6) is -1.87. The third-order valence-electron chi connectivity index (χ3n) is 5.77. The summed E-state index contributed by atoms with van der Waals surface area (Å²) in [5.41, 5.74) is 2.14. The van der Waals surface area contributed by atoms with Crippen molar-refractivity contribution in [2.24, 2.45) is 5.92 Å². The number of hydrogen-bond donors (Lipinski definition) is 0. The van der Waals surface area contributed by atoms with Crippen molar-refractivity contribution in [2.75, 3.05) is 0 Å². The predicted octanol–water partition coefficient (Wildman–Crippen LogP) is 5.57. The maximum Gasteiger partial charge on any atom is 0.308 e. The number of rotatable bonds is 9. The zero-order valence-electron chi connectivity index (χ0n) is 22.6.